The number of aliphatic hydroxyl groups is 1. The Morgan fingerprint density at radius 2 is 1.89 bits per heavy atom. The predicted octanol–water partition coefficient (Wildman–Crippen LogP) is 3.11. The molecule has 2 aromatic rings. The van der Waals surface area contributed by atoms with Crippen molar-refractivity contribution in [2.75, 3.05) is 19.8 Å². The van der Waals surface area contributed by atoms with Crippen LogP contribution >= 0.6 is 11.6 Å². The van der Waals surface area contributed by atoms with Crippen molar-refractivity contribution in [1.29, 1.82) is 0 Å². The van der Waals surface area contributed by atoms with Crippen molar-refractivity contribution in [3.8, 4) is 0 Å². The molecule has 0 saturated carbocycles. The molecule has 1 aromatic carbocycles. The number of β-amino-alcohol motifs (C(OH)–C–C–N with tert-alkyl or cyclic N) is 1. The van der Waals surface area contributed by atoms with E-state index in [1.165, 1.54) is 0 Å². The maximum absolute atomic E-state index is 14.6. The molecular weight excluding hydrogens is 501 g/mol. The van der Waals surface area contributed by atoms with E-state index in [1.807, 2.05) is 0 Å². The number of ether oxygens (including phenoxy) is 1. The van der Waals surface area contributed by atoms with Crippen LogP contribution < -0.4 is 5.32 Å². The van der Waals surface area contributed by atoms with Gasteiger partial charge in [-0.1, -0.05) is 11.6 Å². The highest BCUT2D eigenvalue weighted by atomic mass is 35.5. The first kappa shape index (κ1) is 25.3. The molecule has 13 heteroatoms. The summed E-state index contributed by atoms with van der Waals surface area (Å²) < 4.78 is 72.9. The van der Waals surface area contributed by atoms with Gasteiger partial charge in [0, 0.05) is 36.8 Å². The fourth-order valence-corrected chi connectivity index (χ4v) is 4.24. The van der Waals surface area contributed by atoms with Gasteiger partial charge in [-0.3, -0.25) is 14.6 Å². The first-order valence-electron chi connectivity index (χ1n) is 10.5. The second kappa shape index (κ2) is 9.67. The van der Waals surface area contributed by atoms with Crippen LogP contribution in [0, 0.1) is 17.6 Å². The fraction of sp³-hybridized carbons (Fsp3) is 0.409. The number of nitrogens with one attached hydrogen (secondary N) is 1. The van der Waals surface area contributed by atoms with Gasteiger partial charge in [-0.25, -0.2) is 8.78 Å². The summed E-state index contributed by atoms with van der Waals surface area (Å²) in [6, 6.07) is -0.0544. The number of nitrogens with zero attached hydrogens (tertiary/aromatic N) is 2. The molecule has 2 aliphatic heterocycles. The number of pyridine rings is 1. The predicted molar refractivity (Wildman–Crippen MR) is 111 cm³/mol. The van der Waals surface area contributed by atoms with Gasteiger partial charge in [0.25, 0.3) is 5.91 Å². The molecular formula is C22H19ClF5N3O4. The van der Waals surface area contributed by atoms with Gasteiger partial charge in [0.15, 0.2) is 0 Å². The Morgan fingerprint density at radius 3 is 2.51 bits per heavy atom. The molecule has 0 aliphatic carbocycles. The zero-order chi connectivity index (χ0) is 25.5. The normalized spacial score (nSPS) is 21.5. The number of likely N-dealkylation sites (tertiary alicyclic amines) is 1. The molecule has 7 nitrogen and oxygen atoms in total. The van der Waals surface area contributed by atoms with Crippen LogP contribution in [0.15, 0.2) is 30.6 Å². The number of alkyl halides is 3. The van der Waals surface area contributed by atoms with Crippen molar-refractivity contribution in [1.82, 2.24) is 15.2 Å². The largest absolute Gasteiger partial charge is 0.417 e. The third kappa shape index (κ3) is 5.24. The molecule has 2 saturated heterocycles. The molecule has 2 fully saturated rings. The van der Waals surface area contributed by atoms with Crippen LogP contribution in [0.1, 0.15) is 33.9 Å². The average Bonchev–Trinajstić information content (AvgIpc) is 3.15. The third-order valence-electron chi connectivity index (χ3n) is 5.96. The Morgan fingerprint density at radius 1 is 1.17 bits per heavy atom. The third-order valence-corrected chi connectivity index (χ3v) is 6.25. The lowest BCUT2D eigenvalue weighted by Crippen LogP contribution is -2.50. The van der Waals surface area contributed by atoms with Crippen molar-refractivity contribution in [2.24, 2.45) is 5.92 Å². The van der Waals surface area contributed by atoms with E-state index in [-0.39, 0.29) is 31.7 Å². The first-order valence-corrected chi connectivity index (χ1v) is 10.9. The number of aliphatic hydroxyl groups excluding tert-OH is 1. The molecule has 188 valence electrons. The number of halogens is 6. The van der Waals surface area contributed by atoms with E-state index < -0.39 is 69.9 Å². The summed E-state index contributed by atoms with van der Waals surface area (Å²) in [7, 11) is 0. The molecule has 4 rings (SSSR count). The van der Waals surface area contributed by atoms with Crippen LogP contribution in [-0.2, 0) is 15.7 Å². The molecule has 35 heavy (non-hydrogen) atoms. The Balaban J connectivity index is 1.59. The molecule has 2 aliphatic rings. The standard InChI is InChI=1S/C22H19ClF5N3O4/c23-15-4-16(24)14(3-17(15)25)19(11-8-35-9-11)30-20(33)18-2-13(32)7-31(18)21(34)10-1-12(6-29-5-10)22(26,27)28/h1,3-6,11,13,18-19,32H,2,7-9H2,(H,30,33)/t13-,18-,19-/m1/s1. The quantitative estimate of drug-likeness (QED) is 0.468. The number of hydrogen-bond donors (Lipinski definition) is 2. The van der Waals surface area contributed by atoms with Gasteiger partial charge >= 0.3 is 6.18 Å². The van der Waals surface area contributed by atoms with Crippen LogP contribution in [-0.4, -0.2) is 58.7 Å². The number of rotatable bonds is 5. The van der Waals surface area contributed by atoms with Gasteiger partial charge in [-0.05, 0) is 18.2 Å². The van der Waals surface area contributed by atoms with E-state index in [1.54, 1.807) is 0 Å². The lowest BCUT2D eigenvalue weighted by molar-refractivity contribution is -0.138. The average molecular weight is 520 g/mol. The van der Waals surface area contributed by atoms with E-state index in [0.29, 0.717) is 12.3 Å². The molecule has 0 unspecified atom stereocenters. The molecule has 1 aromatic heterocycles. The molecule has 2 amide bonds. The van der Waals surface area contributed by atoms with Crippen molar-refractivity contribution in [3.63, 3.8) is 0 Å². The maximum Gasteiger partial charge on any atom is 0.417 e. The van der Waals surface area contributed by atoms with Gasteiger partial charge in [0.05, 0.1) is 41.5 Å². The van der Waals surface area contributed by atoms with Gasteiger partial charge in [0.2, 0.25) is 5.91 Å². The fourth-order valence-electron chi connectivity index (χ4n) is 4.09. The van der Waals surface area contributed by atoms with Crippen LogP contribution in [0.4, 0.5) is 22.0 Å². The van der Waals surface area contributed by atoms with Crippen LogP contribution in [0.25, 0.3) is 0 Å². The molecule has 0 radical (unpaired) electrons. The SMILES string of the molecule is O=C(N[C@@H](c1cc(F)c(Cl)cc1F)C1COC1)[C@H]1C[C@@H](O)CN1C(=O)c1cncc(C(F)(F)F)c1. The van der Waals surface area contributed by atoms with Crippen LogP contribution in [0.3, 0.4) is 0 Å². The molecule has 0 spiro atoms. The monoisotopic (exact) mass is 519 g/mol. The second-order valence-electron chi connectivity index (χ2n) is 8.39. The molecule has 2 N–H and O–H groups in total. The molecule has 0 bridgehead atoms. The number of carbonyl (C=O) groups is 2. The maximum atomic E-state index is 14.6. The zero-order valence-corrected chi connectivity index (χ0v) is 18.6. The van der Waals surface area contributed by atoms with Crippen molar-refractivity contribution < 1.29 is 41.4 Å². The minimum absolute atomic E-state index is 0.153. The zero-order valence-electron chi connectivity index (χ0n) is 17.9. The van der Waals surface area contributed by atoms with Crippen LogP contribution in [0.2, 0.25) is 5.02 Å². The van der Waals surface area contributed by atoms with Gasteiger partial charge in [0.1, 0.15) is 17.7 Å². The lowest BCUT2D eigenvalue weighted by Gasteiger charge is -2.36. The highest BCUT2D eigenvalue weighted by molar-refractivity contribution is 6.30. The smallest absolute Gasteiger partial charge is 0.391 e. The van der Waals surface area contributed by atoms with E-state index in [2.05, 4.69) is 10.3 Å². The number of benzene rings is 1. The topological polar surface area (TPSA) is 91.8 Å². The summed E-state index contributed by atoms with van der Waals surface area (Å²) in [5.41, 5.74) is -1.73. The minimum Gasteiger partial charge on any atom is -0.391 e. The first-order chi connectivity index (χ1) is 16.5. The summed E-state index contributed by atoms with van der Waals surface area (Å²) in [6.45, 7) is -0.00471. The number of hydrogen-bond acceptors (Lipinski definition) is 5. The van der Waals surface area contributed by atoms with Crippen molar-refractivity contribution in [3.05, 3.63) is 63.9 Å². The molecule has 3 atom stereocenters. The minimum atomic E-state index is -4.74. The van der Waals surface area contributed by atoms with Gasteiger partial charge in [-0.15, -0.1) is 0 Å². The number of aromatic nitrogens is 1. The second-order valence-corrected chi connectivity index (χ2v) is 8.80. The Hall–Kier alpha value is -2.83. The summed E-state index contributed by atoms with van der Waals surface area (Å²) >= 11 is 5.62. The summed E-state index contributed by atoms with van der Waals surface area (Å²) in [5, 5.41) is 12.3. The van der Waals surface area contributed by atoms with E-state index in [4.69, 9.17) is 16.3 Å². The lowest BCUT2D eigenvalue weighted by atomic mass is 9.90. The van der Waals surface area contributed by atoms with E-state index in [9.17, 15) is 36.6 Å². The Labute approximate surface area is 200 Å². The van der Waals surface area contributed by atoms with Gasteiger partial charge < -0.3 is 20.1 Å². The van der Waals surface area contributed by atoms with Crippen LogP contribution in [0.5, 0.6) is 0 Å². The Bertz CT molecular complexity index is 1140. The summed E-state index contributed by atoms with van der Waals surface area (Å²) in [6.07, 6.45) is -4.57. The highest BCUT2D eigenvalue weighted by Gasteiger charge is 2.42. The highest BCUT2D eigenvalue weighted by Crippen LogP contribution is 2.33. The van der Waals surface area contributed by atoms with E-state index in [0.717, 1.165) is 23.2 Å². The molecule has 3 heterocycles. The van der Waals surface area contributed by atoms with Crippen molar-refractivity contribution >= 4 is 23.4 Å². The van der Waals surface area contributed by atoms with Crippen molar-refractivity contribution in [2.45, 2.75) is 30.8 Å². The number of carbonyl (C=O) groups excluding carboxylic acids is 2. The number of amides is 2. The summed E-state index contributed by atoms with van der Waals surface area (Å²) in [4.78, 5) is 30.5. The van der Waals surface area contributed by atoms with E-state index >= 15 is 0 Å². The Kier molecular flexibility index (Phi) is 6.98. The van der Waals surface area contributed by atoms with Gasteiger partial charge in [-0.2, -0.15) is 13.2 Å². The summed E-state index contributed by atoms with van der Waals surface area (Å²) in [5.74, 6) is -3.89.